The molecule has 12 rings (SSSR count). The lowest BCUT2D eigenvalue weighted by molar-refractivity contribution is -0.395. The third kappa shape index (κ3) is 14.2. The van der Waals surface area contributed by atoms with Crippen LogP contribution in [0.15, 0.2) is 11.6 Å². The maximum atomic E-state index is 15.8. The number of fused-ring (bicyclic) bond motifs is 7. The van der Waals surface area contributed by atoms with Crippen LogP contribution in [0.3, 0.4) is 0 Å². The molecule has 4 saturated carbocycles. The van der Waals surface area contributed by atoms with Crippen LogP contribution in [0, 0.1) is 50.2 Å². The van der Waals surface area contributed by atoms with Crippen molar-refractivity contribution >= 4 is 5.97 Å². The van der Waals surface area contributed by atoms with Crippen LogP contribution in [0.4, 0.5) is 0 Å². The van der Waals surface area contributed by atoms with E-state index in [1.807, 2.05) is 6.92 Å². The summed E-state index contributed by atoms with van der Waals surface area (Å²) in [6.45, 7) is 12.8. The Morgan fingerprint density at radius 1 is 0.434 bits per heavy atom. The van der Waals surface area contributed by atoms with Crippen molar-refractivity contribution in [2.45, 2.75) is 335 Å². The highest BCUT2D eigenvalue weighted by Gasteiger charge is 2.74. The van der Waals surface area contributed by atoms with Crippen LogP contribution in [0.5, 0.6) is 0 Å². The fourth-order valence-corrected chi connectivity index (χ4v) is 20.6. The molecule has 0 spiro atoms. The van der Waals surface area contributed by atoms with E-state index in [2.05, 4.69) is 33.8 Å². The highest BCUT2D eigenvalue weighted by Crippen LogP contribution is 2.76. The zero-order valence-electron chi connectivity index (χ0n) is 60.8. The van der Waals surface area contributed by atoms with Gasteiger partial charge in [-0.2, -0.15) is 0 Å². The summed E-state index contributed by atoms with van der Waals surface area (Å²) >= 11 is 0. The molecule has 0 aromatic heterocycles. The van der Waals surface area contributed by atoms with Crippen molar-refractivity contribution in [1.82, 2.24) is 0 Å². The Morgan fingerprint density at radius 2 is 0.915 bits per heavy atom. The Hall–Kier alpha value is -2.15. The van der Waals surface area contributed by atoms with Crippen molar-refractivity contribution in [3.63, 3.8) is 0 Å². The number of ether oxygens (including phenoxy) is 14. The predicted octanol–water partition coefficient (Wildman–Crippen LogP) is -7.29. The van der Waals surface area contributed by atoms with Gasteiger partial charge in [-0.1, -0.05) is 53.2 Å². The number of aliphatic hydroxyl groups excluding tert-OH is 21. The van der Waals surface area contributed by atoms with Gasteiger partial charge >= 0.3 is 5.97 Å². The zero-order valence-corrected chi connectivity index (χ0v) is 60.8. The molecule has 44 atom stereocenters. The van der Waals surface area contributed by atoms with E-state index >= 15 is 4.79 Å². The van der Waals surface area contributed by atoms with Crippen molar-refractivity contribution in [1.29, 1.82) is 0 Å². The molecule has 0 radical (unpaired) electrons. The van der Waals surface area contributed by atoms with Crippen LogP contribution in [0.25, 0.3) is 0 Å². The SMILES string of the molecule is CC1OC(OC2C(O)COC(OC3C(C)OC(OC4C(OC(=O)C56CCC(C)(C)CC5C5=CCC7C8(C)CC(O)C(OC9OC(CO)C(O)C(OC%10OC(CO)C(O)C(O)C%10O)C9O)C(C)(CO)C8C(O)CC7(C)C5(C)CC6)OCC(O)C4O)C(O)C3OC3OC(C)C(O)C(O)C3O)C2O)C(O)C(O)C1O. The number of aliphatic hydroxyl groups is 21. The molecule has 0 amide bonds. The van der Waals surface area contributed by atoms with E-state index in [4.69, 9.17) is 66.3 Å². The van der Waals surface area contributed by atoms with E-state index in [0.717, 1.165) is 5.57 Å². The highest BCUT2D eigenvalue weighted by atomic mass is 16.8. The fourth-order valence-electron chi connectivity index (χ4n) is 20.6. The number of carbonyl (C=O) groups is 1. The van der Waals surface area contributed by atoms with E-state index in [0.29, 0.717) is 32.1 Å². The van der Waals surface area contributed by atoms with E-state index in [1.54, 1.807) is 6.92 Å². The van der Waals surface area contributed by atoms with Gasteiger partial charge in [0, 0.05) is 11.3 Å². The second-order valence-corrected chi connectivity index (χ2v) is 33.9. The summed E-state index contributed by atoms with van der Waals surface area (Å²) < 4.78 is 84.2. The maximum Gasteiger partial charge on any atom is 0.315 e. The maximum absolute atomic E-state index is 15.8. The Morgan fingerprint density at radius 3 is 1.52 bits per heavy atom. The summed E-state index contributed by atoms with van der Waals surface area (Å²) in [5, 5.41) is 235. The minimum absolute atomic E-state index is 0.0189. The van der Waals surface area contributed by atoms with E-state index in [1.165, 1.54) is 20.8 Å². The number of hydrogen-bond donors (Lipinski definition) is 21. The van der Waals surface area contributed by atoms with Gasteiger partial charge in [0.1, 0.15) is 134 Å². The average molecular weight is 1530 g/mol. The van der Waals surface area contributed by atoms with Gasteiger partial charge in [-0.3, -0.25) is 4.79 Å². The largest absolute Gasteiger partial charge is 0.432 e. The summed E-state index contributed by atoms with van der Waals surface area (Å²) in [6.07, 6.45) is -56.5. The number of hydrogen-bond acceptors (Lipinski definition) is 36. The van der Waals surface area contributed by atoms with E-state index in [-0.39, 0.29) is 30.6 Å². The Kier molecular flexibility index (Phi) is 24.5. The molecule has 12 aliphatic rings. The quantitative estimate of drug-likeness (QED) is 0.0365. The monoisotopic (exact) mass is 1530 g/mol. The lowest BCUT2D eigenvalue weighted by Crippen LogP contribution is -2.72. The van der Waals surface area contributed by atoms with Crippen LogP contribution >= 0.6 is 0 Å². The minimum Gasteiger partial charge on any atom is -0.432 e. The van der Waals surface area contributed by atoms with Crippen molar-refractivity contribution in [3.8, 4) is 0 Å². The van der Waals surface area contributed by atoms with Gasteiger partial charge in [0.2, 0.25) is 6.29 Å². The van der Waals surface area contributed by atoms with Crippen LogP contribution in [-0.2, 0) is 71.1 Å². The molecule has 0 aromatic carbocycles. The van der Waals surface area contributed by atoms with Crippen molar-refractivity contribution in [2.75, 3.05) is 33.0 Å². The third-order valence-corrected chi connectivity index (χ3v) is 26.8. The predicted molar refractivity (Wildman–Crippen MR) is 349 cm³/mol. The molecule has 0 bridgehead atoms. The highest BCUT2D eigenvalue weighted by molar-refractivity contribution is 5.79. The number of allylic oxidation sites excluding steroid dienone is 2. The van der Waals surface area contributed by atoms with Gasteiger partial charge < -0.3 is 174 Å². The van der Waals surface area contributed by atoms with E-state index in [9.17, 15) is 107 Å². The first-order valence-electron chi connectivity index (χ1n) is 37.1. The number of carbonyl (C=O) groups excluding carboxylic acids is 1. The third-order valence-electron chi connectivity index (χ3n) is 26.8. The topological polar surface area (TPSA) is 571 Å². The fraction of sp³-hybridized carbons (Fsp3) is 0.957. The van der Waals surface area contributed by atoms with Crippen molar-refractivity contribution in [2.24, 2.45) is 50.2 Å². The molecule has 11 fully saturated rings. The Balaban J connectivity index is 0.781. The standard InChI is InChI=1S/C70H114O36/c1-24-36(78)41(83)44(86)58(95-24)101-51-32(77)22-93-57(47(51)89)100-50-26(3)97-61(49(91)53(50)103-59-45(87)42(84)37(79)25(2)96-59)104-54-38(80)31(76)21-94-63(54)106-64(92)70-14-12-65(4,5)16-28(70)27-10-11-35-66(6)17-30(75)56(67(7,23-73)55(66)29(74)18-69(35,9)68(27,8)13-15-70)105-62-48(90)52(40(82)34(20-72)99-62)102-60-46(88)43(85)39(81)33(19-71)98-60/h10,24-26,28-63,71-91H,11-23H2,1-9H3. The van der Waals surface area contributed by atoms with E-state index < -0.39 is 299 Å². The molecular weight excluding hydrogens is 1420 g/mol. The molecule has 610 valence electrons. The molecule has 7 aliphatic heterocycles. The molecule has 5 aliphatic carbocycles. The van der Waals surface area contributed by atoms with Crippen molar-refractivity contribution in [3.05, 3.63) is 11.6 Å². The molecule has 21 N–H and O–H groups in total. The van der Waals surface area contributed by atoms with Crippen LogP contribution in [0.2, 0.25) is 0 Å². The zero-order chi connectivity index (χ0) is 77.5. The van der Waals surface area contributed by atoms with Crippen LogP contribution < -0.4 is 0 Å². The lowest BCUT2D eigenvalue weighted by atomic mass is 9.33. The van der Waals surface area contributed by atoms with Gasteiger partial charge in [-0.15, -0.1) is 0 Å². The molecule has 44 unspecified atom stereocenters. The molecule has 36 nitrogen and oxygen atoms in total. The molecule has 7 saturated heterocycles. The second kappa shape index (κ2) is 31.2. The van der Waals surface area contributed by atoms with Crippen LogP contribution in [-0.4, -0.2) is 367 Å². The average Bonchev–Trinajstić information content (AvgIpc) is 0.668. The second-order valence-electron chi connectivity index (χ2n) is 33.9. The summed E-state index contributed by atoms with van der Waals surface area (Å²) in [6, 6.07) is 0. The Labute approximate surface area is 612 Å². The first kappa shape index (κ1) is 83.3. The number of rotatable bonds is 17. The summed E-state index contributed by atoms with van der Waals surface area (Å²) in [5.41, 5.74) is -4.69. The first-order valence-corrected chi connectivity index (χ1v) is 37.1. The Bertz CT molecular complexity index is 3030. The van der Waals surface area contributed by atoms with Gasteiger partial charge in [0.15, 0.2) is 43.8 Å². The molecule has 36 heteroatoms. The van der Waals surface area contributed by atoms with Crippen molar-refractivity contribution < 1.29 is 178 Å². The molecule has 0 aromatic rings. The van der Waals surface area contributed by atoms with Gasteiger partial charge in [0.05, 0.1) is 75.1 Å². The summed E-state index contributed by atoms with van der Waals surface area (Å²) in [4.78, 5) is 15.8. The molecule has 7 heterocycles. The smallest absolute Gasteiger partial charge is 0.315 e. The molecular formula is C70H114O36. The lowest BCUT2D eigenvalue weighted by Gasteiger charge is -2.72. The number of esters is 1. The van der Waals surface area contributed by atoms with Gasteiger partial charge in [-0.05, 0) is 106 Å². The van der Waals surface area contributed by atoms with Gasteiger partial charge in [0.25, 0.3) is 0 Å². The summed E-state index contributed by atoms with van der Waals surface area (Å²) in [7, 11) is 0. The minimum atomic E-state index is -2.10. The van der Waals surface area contributed by atoms with Gasteiger partial charge in [-0.25, -0.2) is 0 Å². The first-order chi connectivity index (χ1) is 49.7. The summed E-state index contributed by atoms with van der Waals surface area (Å²) in [5.74, 6) is -2.37. The molecule has 106 heavy (non-hydrogen) atoms. The van der Waals surface area contributed by atoms with Crippen LogP contribution in [0.1, 0.15) is 114 Å². The normalized spacial score (nSPS) is 56.2.